The molecule has 0 aliphatic rings. The highest BCUT2D eigenvalue weighted by Gasteiger charge is 2.06. The van der Waals surface area contributed by atoms with Gasteiger partial charge in [0.2, 0.25) is 0 Å². The Kier molecular flexibility index (Phi) is 5.44. The van der Waals surface area contributed by atoms with Crippen molar-refractivity contribution >= 4 is 23.4 Å². The van der Waals surface area contributed by atoms with Crippen LogP contribution in [0.5, 0.6) is 0 Å². The van der Waals surface area contributed by atoms with Crippen LogP contribution in [0.4, 0.5) is 5.69 Å². The molecule has 0 saturated heterocycles. The first kappa shape index (κ1) is 15.2. The first-order valence-electron chi connectivity index (χ1n) is 6.38. The summed E-state index contributed by atoms with van der Waals surface area (Å²) in [6, 6.07) is 14.7. The number of carbonyl (C=O) groups is 1. The van der Waals surface area contributed by atoms with Gasteiger partial charge >= 0.3 is 0 Å². The molecule has 2 aromatic rings. The molecule has 21 heavy (non-hydrogen) atoms. The maximum atomic E-state index is 12.1. The van der Waals surface area contributed by atoms with Gasteiger partial charge in [0.25, 0.3) is 5.91 Å². The lowest BCUT2D eigenvalue weighted by Crippen LogP contribution is -2.11. The zero-order valence-corrected chi connectivity index (χ0v) is 12.4. The van der Waals surface area contributed by atoms with Crippen molar-refractivity contribution in [2.75, 3.05) is 18.2 Å². The minimum atomic E-state index is -0.173. The molecule has 0 fully saturated rings. The van der Waals surface area contributed by atoms with E-state index >= 15 is 0 Å². The predicted octanol–water partition coefficient (Wildman–Crippen LogP) is 3.00. The highest BCUT2D eigenvalue weighted by Crippen LogP contribution is 2.19. The lowest BCUT2D eigenvalue weighted by Gasteiger charge is -2.06. The fraction of sp³-hybridized carbons (Fsp3) is 0.118. The van der Waals surface area contributed by atoms with Gasteiger partial charge in [-0.15, -0.1) is 11.8 Å². The fourth-order valence-corrected chi connectivity index (χ4v) is 2.21. The number of thioether (sulfide) groups is 1. The number of amides is 1. The Labute approximate surface area is 128 Å². The van der Waals surface area contributed by atoms with Crippen molar-refractivity contribution in [3.05, 3.63) is 59.7 Å². The number of benzene rings is 2. The molecular formula is C17H15NO2S. The lowest BCUT2D eigenvalue weighted by molar-refractivity contribution is 0.102. The van der Waals surface area contributed by atoms with E-state index in [-0.39, 0.29) is 12.5 Å². The molecule has 0 aliphatic heterocycles. The van der Waals surface area contributed by atoms with E-state index in [0.29, 0.717) is 5.56 Å². The molecule has 0 bridgehead atoms. The maximum absolute atomic E-state index is 12.1. The lowest BCUT2D eigenvalue weighted by atomic mass is 10.1. The van der Waals surface area contributed by atoms with Crippen molar-refractivity contribution in [3.63, 3.8) is 0 Å². The summed E-state index contributed by atoms with van der Waals surface area (Å²) in [5, 5.41) is 11.5. The summed E-state index contributed by atoms with van der Waals surface area (Å²) >= 11 is 1.63. The minimum absolute atomic E-state index is 0.157. The van der Waals surface area contributed by atoms with Crippen molar-refractivity contribution < 1.29 is 9.90 Å². The Morgan fingerprint density at radius 1 is 1.24 bits per heavy atom. The van der Waals surface area contributed by atoms with E-state index in [4.69, 9.17) is 5.11 Å². The molecule has 4 heteroatoms. The molecular weight excluding hydrogens is 282 g/mol. The van der Waals surface area contributed by atoms with E-state index in [1.54, 1.807) is 36.0 Å². The normalized spacial score (nSPS) is 9.62. The topological polar surface area (TPSA) is 49.3 Å². The molecule has 0 radical (unpaired) electrons. The highest BCUT2D eigenvalue weighted by atomic mass is 32.2. The van der Waals surface area contributed by atoms with Crippen molar-refractivity contribution in [3.8, 4) is 11.8 Å². The van der Waals surface area contributed by atoms with Gasteiger partial charge in [0.15, 0.2) is 0 Å². The fourth-order valence-electron chi connectivity index (χ4n) is 1.75. The Morgan fingerprint density at radius 3 is 2.67 bits per heavy atom. The molecule has 0 heterocycles. The third-order valence-corrected chi connectivity index (χ3v) is 3.51. The summed E-state index contributed by atoms with van der Waals surface area (Å²) in [5.74, 6) is 5.20. The van der Waals surface area contributed by atoms with Gasteiger partial charge in [-0.05, 0) is 48.7 Å². The van der Waals surface area contributed by atoms with E-state index in [2.05, 4.69) is 17.2 Å². The van der Waals surface area contributed by atoms with Crippen LogP contribution in [-0.2, 0) is 0 Å². The molecule has 2 aromatic carbocycles. The number of rotatable bonds is 3. The number of anilines is 1. The van der Waals surface area contributed by atoms with Crippen molar-refractivity contribution in [2.24, 2.45) is 0 Å². The Morgan fingerprint density at radius 2 is 2.00 bits per heavy atom. The standard InChI is InChI=1S/C17H15NO2S/c1-21-16-6-2-5-15(12-16)18-17(20)14-9-7-13(8-10-14)4-3-11-19/h2,5-10,12,19H,11H2,1H3,(H,18,20). The second kappa shape index (κ2) is 7.53. The molecule has 2 N–H and O–H groups in total. The summed E-state index contributed by atoms with van der Waals surface area (Å²) < 4.78 is 0. The van der Waals surface area contributed by atoms with Crippen LogP contribution in [0.2, 0.25) is 0 Å². The second-order valence-corrected chi connectivity index (χ2v) is 5.10. The number of carbonyl (C=O) groups excluding carboxylic acids is 1. The summed E-state index contributed by atoms with van der Waals surface area (Å²) in [7, 11) is 0. The van der Waals surface area contributed by atoms with Gasteiger partial charge in [0.1, 0.15) is 6.61 Å². The van der Waals surface area contributed by atoms with Crippen LogP contribution < -0.4 is 5.32 Å². The van der Waals surface area contributed by atoms with Crippen LogP contribution >= 0.6 is 11.8 Å². The van der Waals surface area contributed by atoms with Crippen LogP contribution in [0, 0.1) is 11.8 Å². The van der Waals surface area contributed by atoms with E-state index in [1.807, 2.05) is 30.5 Å². The van der Waals surface area contributed by atoms with Gasteiger partial charge in [-0.3, -0.25) is 4.79 Å². The maximum Gasteiger partial charge on any atom is 0.255 e. The average Bonchev–Trinajstić information content (AvgIpc) is 2.53. The van der Waals surface area contributed by atoms with Gasteiger partial charge in [0.05, 0.1) is 0 Å². The van der Waals surface area contributed by atoms with Crippen LogP contribution in [0.25, 0.3) is 0 Å². The van der Waals surface area contributed by atoms with Crippen LogP contribution in [0.1, 0.15) is 15.9 Å². The largest absolute Gasteiger partial charge is 0.384 e. The zero-order chi connectivity index (χ0) is 15.1. The number of hydrogen-bond acceptors (Lipinski definition) is 3. The number of nitrogens with one attached hydrogen (secondary N) is 1. The van der Waals surface area contributed by atoms with Crippen LogP contribution in [0.3, 0.4) is 0 Å². The van der Waals surface area contributed by atoms with E-state index in [0.717, 1.165) is 16.1 Å². The third-order valence-electron chi connectivity index (χ3n) is 2.79. The molecule has 0 aliphatic carbocycles. The molecule has 0 saturated carbocycles. The average molecular weight is 297 g/mol. The molecule has 0 unspecified atom stereocenters. The molecule has 1 amide bonds. The monoisotopic (exact) mass is 297 g/mol. The minimum Gasteiger partial charge on any atom is -0.384 e. The van der Waals surface area contributed by atoms with Gasteiger partial charge < -0.3 is 10.4 Å². The summed E-state index contributed by atoms with van der Waals surface area (Å²) in [6.45, 7) is -0.173. The number of aliphatic hydroxyl groups excluding tert-OH is 1. The third kappa shape index (κ3) is 4.38. The van der Waals surface area contributed by atoms with Gasteiger partial charge in [-0.1, -0.05) is 17.9 Å². The van der Waals surface area contributed by atoms with Crippen LogP contribution in [-0.4, -0.2) is 23.9 Å². The molecule has 0 atom stereocenters. The molecule has 3 nitrogen and oxygen atoms in total. The SMILES string of the molecule is CSc1cccc(NC(=O)c2ccc(C#CCO)cc2)c1. The Balaban J connectivity index is 2.09. The number of hydrogen-bond donors (Lipinski definition) is 2. The van der Waals surface area contributed by atoms with E-state index in [1.165, 1.54) is 0 Å². The smallest absolute Gasteiger partial charge is 0.255 e. The van der Waals surface area contributed by atoms with Gasteiger partial charge in [-0.2, -0.15) is 0 Å². The highest BCUT2D eigenvalue weighted by molar-refractivity contribution is 7.98. The van der Waals surface area contributed by atoms with Crippen LogP contribution in [0.15, 0.2) is 53.4 Å². The number of aliphatic hydroxyl groups is 1. The zero-order valence-electron chi connectivity index (χ0n) is 11.6. The first-order valence-corrected chi connectivity index (χ1v) is 7.60. The van der Waals surface area contributed by atoms with E-state index < -0.39 is 0 Å². The molecule has 0 aromatic heterocycles. The van der Waals surface area contributed by atoms with Gasteiger partial charge in [0, 0.05) is 21.7 Å². The van der Waals surface area contributed by atoms with E-state index in [9.17, 15) is 4.79 Å². The van der Waals surface area contributed by atoms with Gasteiger partial charge in [-0.25, -0.2) is 0 Å². The second-order valence-electron chi connectivity index (χ2n) is 4.22. The molecule has 106 valence electrons. The summed E-state index contributed by atoms with van der Waals surface area (Å²) in [5.41, 5.74) is 2.11. The quantitative estimate of drug-likeness (QED) is 0.676. The summed E-state index contributed by atoms with van der Waals surface area (Å²) in [4.78, 5) is 13.2. The predicted molar refractivity (Wildman–Crippen MR) is 86.6 cm³/mol. The molecule has 2 rings (SSSR count). The first-order chi connectivity index (χ1) is 10.2. The van der Waals surface area contributed by atoms with Crippen molar-refractivity contribution in [2.45, 2.75) is 4.90 Å². The van der Waals surface area contributed by atoms with Crippen molar-refractivity contribution in [1.82, 2.24) is 0 Å². The van der Waals surface area contributed by atoms with Crippen molar-refractivity contribution in [1.29, 1.82) is 0 Å². The Bertz CT molecular complexity index is 684. The summed E-state index contributed by atoms with van der Waals surface area (Å²) in [6.07, 6.45) is 1.99. The molecule has 0 spiro atoms. The Hall–Kier alpha value is -2.22.